The van der Waals surface area contributed by atoms with E-state index in [0.717, 1.165) is 18.2 Å². The smallest absolute Gasteiger partial charge is 0.303 e. The van der Waals surface area contributed by atoms with Gasteiger partial charge < -0.3 is 20.5 Å². The van der Waals surface area contributed by atoms with E-state index in [9.17, 15) is 4.79 Å². The molecule has 0 atom stereocenters. The van der Waals surface area contributed by atoms with Gasteiger partial charge in [0.15, 0.2) is 0 Å². The SMILES string of the molecule is NCCO.O=C(O)CCc1cn(CCC2CCCCC2)cn1. The number of hydrogen-bond donors (Lipinski definition) is 3. The van der Waals surface area contributed by atoms with Crippen molar-refractivity contribution in [3.63, 3.8) is 0 Å². The Labute approximate surface area is 132 Å². The maximum Gasteiger partial charge on any atom is 0.303 e. The van der Waals surface area contributed by atoms with Gasteiger partial charge in [0.05, 0.1) is 25.0 Å². The van der Waals surface area contributed by atoms with Crippen molar-refractivity contribution in [2.75, 3.05) is 13.2 Å². The van der Waals surface area contributed by atoms with E-state index < -0.39 is 5.97 Å². The molecule has 1 aromatic rings. The van der Waals surface area contributed by atoms with Crippen LogP contribution in [0.25, 0.3) is 0 Å². The molecule has 4 N–H and O–H groups in total. The van der Waals surface area contributed by atoms with Crippen LogP contribution in [-0.4, -0.2) is 38.9 Å². The van der Waals surface area contributed by atoms with Gasteiger partial charge in [-0.05, 0) is 12.3 Å². The molecule has 0 aliphatic heterocycles. The molecule has 0 bridgehead atoms. The molecule has 0 aromatic carbocycles. The van der Waals surface area contributed by atoms with E-state index in [-0.39, 0.29) is 13.0 Å². The van der Waals surface area contributed by atoms with Crippen molar-refractivity contribution in [2.45, 2.75) is 57.9 Å². The molecule has 0 unspecified atom stereocenters. The Morgan fingerprint density at radius 3 is 2.64 bits per heavy atom. The summed E-state index contributed by atoms with van der Waals surface area (Å²) in [6, 6.07) is 0. The summed E-state index contributed by atoms with van der Waals surface area (Å²) in [6.07, 6.45) is 12.7. The number of aryl methyl sites for hydroxylation is 2. The molecule has 1 fully saturated rings. The van der Waals surface area contributed by atoms with Crippen LogP contribution in [0, 0.1) is 5.92 Å². The molecule has 1 aliphatic rings. The number of imidazole rings is 1. The second-order valence-electron chi connectivity index (χ2n) is 5.80. The maximum atomic E-state index is 10.5. The lowest BCUT2D eigenvalue weighted by molar-refractivity contribution is -0.136. The predicted octanol–water partition coefficient (Wildman–Crippen LogP) is 1.81. The van der Waals surface area contributed by atoms with Gasteiger partial charge in [-0.2, -0.15) is 0 Å². The number of hydrogen-bond acceptors (Lipinski definition) is 4. The van der Waals surface area contributed by atoms with Crippen molar-refractivity contribution in [1.82, 2.24) is 9.55 Å². The lowest BCUT2D eigenvalue weighted by Crippen LogP contribution is -2.09. The minimum atomic E-state index is -0.758. The lowest BCUT2D eigenvalue weighted by Gasteiger charge is -2.21. The number of aliphatic carboxylic acids is 1. The number of carbonyl (C=O) groups is 1. The number of nitrogens with zero attached hydrogens (tertiary/aromatic N) is 2. The number of rotatable bonds is 7. The Morgan fingerprint density at radius 1 is 1.36 bits per heavy atom. The minimum Gasteiger partial charge on any atom is -0.481 e. The van der Waals surface area contributed by atoms with Gasteiger partial charge in [0.1, 0.15) is 0 Å². The molecular weight excluding hydrogens is 282 g/mol. The van der Waals surface area contributed by atoms with Crippen LogP contribution in [0.1, 0.15) is 50.6 Å². The van der Waals surface area contributed by atoms with Crippen LogP contribution in [0.5, 0.6) is 0 Å². The number of aliphatic hydroxyl groups is 1. The zero-order valence-electron chi connectivity index (χ0n) is 13.3. The quantitative estimate of drug-likeness (QED) is 0.713. The second kappa shape index (κ2) is 11.2. The highest BCUT2D eigenvalue weighted by molar-refractivity contribution is 5.66. The number of aliphatic hydroxyl groups excluding tert-OH is 1. The standard InChI is InChI=1S/C14H22N2O2.C2H7NO/c17-14(18)7-6-13-10-16(11-15-13)9-8-12-4-2-1-3-5-12;3-1-2-4/h10-12H,1-9H2,(H,17,18);4H,1-3H2. The van der Waals surface area contributed by atoms with E-state index in [4.69, 9.17) is 15.9 Å². The van der Waals surface area contributed by atoms with Gasteiger partial charge in [-0.1, -0.05) is 32.1 Å². The molecule has 126 valence electrons. The minimum absolute atomic E-state index is 0.0972. The van der Waals surface area contributed by atoms with Gasteiger partial charge in [-0.3, -0.25) is 4.79 Å². The fourth-order valence-electron chi connectivity index (χ4n) is 2.70. The topological polar surface area (TPSA) is 101 Å². The van der Waals surface area contributed by atoms with Gasteiger partial charge in [-0.25, -0.2) is 4.98 Å². The second-order valence-corrected chi connectivity index (χ2v) is 5.80. The molecule has 22 heavy (non-hydrogen) atoms. The Kier molecular flexibility index (Phi) is 9.50. The monoisotopic (exact) mass is 311 g/mol. The molecular formula is C16H29N3O3. The van der Waals surface area contributed by atoms with Crippen LogP contribution < -0.4 is 5.73 Å². The Morgan fingerprint density at radius 2 is 2.05 bits per heavy atom. The van der Waals surface area contributed by atoms with Crippen LogP contribution in [-0.2, 0) is 17.8 Å². The molecule has 1 heterocycles. The molecule has 0 amide bonds. The van der Waals surface area contributed by atoms with E-state index in [2.05, 4.69) is 9.55 Å². The van der Waals surface area contributed by atoms with Crippen molar-refractivity contribution >= 4 is 5.97 Å². The molecule has 1 aromatic heterocycles. The van der Waals surface area contributed by atoms with Crippen molar-refractivity contribution < 1.29 is 15.0 Å². The Balaban J connectivity index is 0.000000541. The summed E-state index contributed by atoms with van der Waals surface area (Å²) in [5.74, 6) is 0.121. The predicted molar refractivity (Wildman–Crippen MR) is 85.5 cm³/mol. The molecule has 0 saturated heterocycles. The average Bonchev–Trinajstić information content (AvgIpc) is 3.00. The van der Waals surface area contributed by atoms with Gasteiger partial charge in [0.25, 0.3) is 0 Å². The van der Waals surface area contributed by atoms with Gasteiger partial charge in [0.2, 0.25) is 0 Å². The van der Waals surface area contributed by atoms with E-state index in [1.54, 1.807) is 0 Å². The van der Waals surface area contributed by atoms with Crippen LogP contribution in [0.4, 0.5) is 0 Å². The largest absolute Gasteiger partial charge is 0.481 e. The number of aromatic nitrogens is 2. The van der Waals surface area contributed by atoms with Crippen LogP contribution in [0.15, 0.2) is 12.5 Å². The zero-order valence-corrected chi connectivity index (χ0v) is 13.3. The van der Waals surface area contributed by atoms with Crippen molar-refractivity contribution in [3.05, 3.63) is 18.2 Å². The average molecular weight is 311 g/mol. The van der Waals surface area contributed by atoms with Crippen LogP contribution >= 0.6 is 0 Å². The van der Waals surface area contributed by atoms with E-state index in [0.29, 0.717) is 13.0 Å². The highest BCUT2D eigenvalue weighted by atomic mass is 16.4. The first kappa shape index (κ1) is 18.6. The molecule has 0 radical (unpaired) electrons. The highest BCUT2D eigenvalue weighted by Crippen LogP contribution is 2.26. The van der Waals surface area contributed by atoms with E-state index in [1.165, 1.54) is 38.5 Å². The Bertz CT molecular complexity index is 413. The summed E-state index contributed by atoms with van der Waals surface area (Å²) in [7, 11) is 0. The Hall–Kier alpha value is -1.40. The van der Waals surface area contributed by atoms with Crippen molar-refractivity contribution in [2.24, 2.45) is 11.7 Å². The summed E-state index contributed by atoms with van der Waals surface area (Å²) in [4.78, 5) is 14.7. The maximum absolute atomic E-state index is 10.5. The summed E-state index contributed by atoms with van der Waals surface area (Å²) >= 11 is 0. The van der Waals surface area contributed by atoms with Crippen molar-refractivity contribution in [3.8, 4) is 0 Å². The molecule has 0 spiro atoms. The van der Waals surface area contributed by atoms with E-state index in [1.807, 2.05) is 12.5 Å². The molecule has 2 rings (SSSR count). The summed E-state index contributed by atoms with van der Waals surface area (Å²) in [5, 5.41) is 16.4. The number of nitrogens with two attached hydrogens (primary N) is 1. The fourth-order valence-corrected chi connectivity index (χ4v) is 2.70. The molecule has 6 nitrogen and oxygen atoms in total. The molecule has 1 aliphatic carbocycles. The van der Waals surface area contributed by atoms with E-state index >= 15 is 0 Å². The summed E-state index contributed by atoms with van der Waals surface area (Å²) in [6.45, 7) is 1.49. The zero-order chi connectivity index (χ0) is 16.2. The van der Waals surface area contributed by atoms with Gasteiger partial charge in [0, 0.05) is 25.7 Å². The van der Waals surface area contributed by atoms with Crippen molar-refractivity contribution in [1.29, 1.82) is 0 Å². The lowest BCUT2D eigenvalue weighted by atomic mass is 9.87. The molecule has 1 saturated carbocycles. The first-order valence-corrected chi connectivity index (χ1v) is 8.19. The number of carboxylic acid groups (broad SMARTS) is 1. The number of carboxylic acids is 1. The first-order chi connectivity index (χ1) is 10.7. The summed E-state index contributed by atoms with van der Waals surface area (Å²) < 4.78 is 2.10. The van der Waals surface area contributed by atoms with Gasteiger partial charge >= 0.3 is 5.97 Å². The normalized spacial score (nSPS) is 15.2. The highest BCUT2D eigenvalue weighted by Gasteiger charge is 2.13. The van der Waals surface area contributed by atoms with Crippen LogP contribution in [0.2, 0.25) is 0 Å². The van der Waals surface area contributed by atoms with Crippen LogP contribution in [0.3, 0.4) is 0 Å². The first-order valence-electron chi connectivity index (χ1n) is 8.19. The van der Waals surface area contributed by atoms with Gasteiger partial charge in [-0.15, -0.1) is 0 Å². The third kappa shape index (κ3) is 8.14. The molecule has 6 heteroatoms. The summed E-state index contributed by atoms with van der Waals surface area (Å²) in [5.41, 5.74) is 5.67. The third-order valence-electron chi connectivity index (χ3n) is 3.93. The fraction of sp³-hybridized carbons (Fsp3) is 0.750. The third-order valence-corrected chi connectivity index (χ3v) is 3.93.